The molecule has 0 bridgehead atoms. The van der Waals surface area contributed by atoms with E-state index in [9.17, 15) is 9.59 Å². The van der Waals surface area contributed by atoms with Crippen LogP contribution in [0.15, 0.2) is 67.7 Å². The van der Waals surface area contributed by atoms with Crippen molar-refractivity contribution < 1.29 is 9.15 Å². The number of aromatic nitrogens is 3. The molecule has 2 aromatic carbocycles. The molecule has 168 valence electrons. The number of rotatable bonds is 10. The topological polar surface area (TPSA) is 79.3 Å². The van der Waals surface area contributed by atoms with Gasteiger partial charge in [0.1, 0.15) is 0 Å². The van der Waals surface area contributed by atoms with E-state index in [2.05, 4.69) is 0 Å². The zero-order chi connectivity index (χ0) is 22.5. The Balaban J connectivity index is 1.48. The third-order valence-corrected chi connectivity index (χ3v) is 6.20. The van der Waals surface area contributed by atoms with Crippen LogP contribution in [-0.4, -0.2) is 32.6 Å². The summed E-state index contributed by atoms with van der Waals surface area (Å²) >= 11 is 1.54. The average molecular weight is 454 g/mol. The highest BCUT2D eigenvalue weighted by molar-refractivity contribution is 7.99. The van der Waals surface area contributed by atoms with Gasteiger partial charge in [0.2, 0.25) is 0 Å². The minimum absolute atomic E-state index is 0.0281. The summed E-state index contributed by atoms with van der Waals surface area (Å²) in [6.45, 7) is 5.69. The SMILES string of the molecule is CC(C)OCCCn1c(SCCCn2c(=O)oc3ccccc32)nc2ccccc2c1=O. The zero-order valence-electron chi connectivity index (χ0n) is 18.3. The molecule has 2 heterocycles. The Hall–Kier alpha value is -2.84. The first kappa shape index (κ1) is 22.4. The maximum absolute atomic E-state index is 13.1. The molecule has 0 fully saturated rings. The molecule has 0 aliphatic heterocycles. The van der Waals surface area contributed by atoms with Crippen LogP contribution >= 0.6 is 11.8 Å². The number of hydrogen-bond donors (Lipinski definition) is 0. The summed E-state index contributed by atoms with van der Waals surface area (Å²) in [6.07, 6.45) is 1.65. The Morgan fingerprint density at radius 1 is 1.00 bits per heavy atom. The fraction of sp³-hybridized carbons (Fsp3) is 0.375. The van der Waals surface area contributed by atoms with Crippen LogP contribution in [0.1, 0.15) is 26.7 Å². The summed E-state index contributed by atoms with van der Waals surface area (Å²) in [5.41, 5.74) is 2.07. The highest BCUT2D eigenvalue weighted by Gasteiger charge is 2.12. The molecule has 0 radical (unpaired) electrons. The Bertz CT molecular complexity index is 1320. The van der Waals surface area contributed by atoms with E-state index < -0.39 is 0 Å². The minimum atomic E-state index is -0.345. The van der Waals surface area contributed by atoms with Gasteiger partial charge in [0, 0.05) is 25.4 Å². The Morgan fingerprint density at radius 2 is 1.75 bits per heavy atom. The van der Waals surface area contributed by atoms with Crippen LogP contribution in [0.25, 0.3) is 22.0 Å². The summed E-state index contributed by atoms with van der Waals surface area (Å²) < 4.78 is 14.3. The molecule has 0 atom stereocenters. The predicted molar refractivity (Wildman–Crippen MR) is 128 cm³/mol. The van der Waals surface area contributed by atoms with Crippen LogP contribution in [-0.2, 0) is 17.8 Å². The molecule has 0 aliphatic rings. The number of para-hydroxylation sites is 3. The molecule has 0 aliphatic carbocycles. The third-order valence-electron chi connectivity index (χ3n) is 5.13. The van der Waals surface area contributed by atoms with Crippen molar-refractivity contribution in [3.05, 3.63) is 69.4 Å². The molecular weight excluding hydrogens is 426 g/mol. The van der Waals surface area contributed by atoms with E-state index in [1.807, 2.05) is 56.3 Å². The first-order valence-electron chi connectivity index (χ1n) is 10.9. The van der Waals surface area contributed by atoms with Crippen molar-refractivity contribution in [1.82, 2.24) is 14.1 Å². The van der Waals surface area contributed by atoms with E-state index in [1.54, 1.807) is 15.2 Å². The van der Waals surface area contributed by atoms with Crippen molar-refractivity contribution in [3.63, 3.8) is 0 Å². The van der Waals surface area contributed by atoms with E-state index >= 15 is 0 Å². The highest BCUT2D eigenvalue weighted by atomic mass is 32.2. The lowest BCUT2D eigenvalue weighted by Crippen LogP contribution is -2.24. The molecule has 4 rings (SSSR count). The number of nitrogens with zero attached hydrogens (tertiary/aromatic N) is 3. The lowest BCUT2D eigenvalue weighted by Gasteiger charge is -2.14. The van der Waals surface area contributed by atoms with Crippen molar-refractivity contribution in [3.8, 4) is 0 Å². The molecule has 7 nitrogen and oxygen atoms in total. The fourth-order valence-electron chi connectivity index (χ4n) is 3.61. The second kappa shape index (κ2) is 10.2. The quantitative estimate of drug-likeness (QED) is 0.202. The minimum Gasteiger partial charge on any atom is -0.408 e. The van der Waals surface area contributed by atoms with Gasteiger partial charge in [0.25, 0.3) is 5.56 Å². The molecule has 0 amide bonds. The van der Waals surface area contributed by atoms with Crippen LogP contribution < -0.4 is 11.3 Å². The van der Waals surface area contributed by atoms with Crippen molar-refractivity contribution in [1.29, 1.82) is 0 Å². The van der Waals surface area contributed by atoms with Crippen molar-refractivity contribution >= 4 is 33.8 Å². The zero-order valence-corrected chi connectivity index (χ0v) is 19.1. The maximum Gasteiger partial charge on any atom is 0.419 e. The molecule has 0 saturated carbocycles. The van der Waals surface area contributed by atoms with Gasteiger partial charge >= 0.3 is 5.76 Å². The molecule has 0 N–H and O–H groups in total. The van der Waals surface area contributed by atoms with Crippen molar-refractivity contribution in [2.75, 3.05) is 12.4 Å². The predicted octanol–water partition coefficient (Wildman–Crippen LogP) is 4.30. The van der Waals surface area contributed by atoms with Crippen molar-refractivity contribution in [2.45, 2.75) is 51.0 Å². The maximum atomic E-state index is 13.1. The molecule has 0 unspecified atom stereocenters. The van der Waals surface area contributed by atoms with Crippen LogP contribution in [0.5, 0.6) is 0 Å². The smallest absolute Gasteiger partial charge is 0.408 e. The fourth-order valence-corrected chi connectivity index (χ4v) is 4.56. The van der Waals surface area contributed by atoms with E-state index in [1.165, 1.54) is 11.8 Å². The molecule has 0 saturated heterocycles. The van der Waals surface area contributed by atoms with Gasteiger partial charge in [-0.3, -0.25) is 13.9 Å². The number of benzene rings is 2. The van der Waals surface area contributed by atoms with E-state index in [4.69, 9.17) is 14.1 Å². The summed E-state index contributed by atoms with van der Waals surface area (Å²) in [5, 5.41) is 1.32. The number of thioether (sulfide) groups is 1. The normalized spacial score (nSPS) is 11.7. The van der Waals surface area contributed by atoms with Gasteiger partial charge in [-0.25, -0.2) is 9.78 Å². The van der Waals surface area contributed by atoms with Gasteiger partial charge in [0.15, 0.2) is 10.7 Å². The number of fused-ring (bicyclic) bond motifs is 2. The molecule has 4 aromatic rings. The lowest BCUT2D eigenvalue weighted by atomic mass is 10.2. The number of hydrogen-bond acceptors (Lipinski definition) is 6. The average Bonchev–Trinajstić information content (AvgIpc) is 3.10. The van der Waals surface area contributed by atoms with Gasteiger partial charge in [0.05, 0.1) is 22.5 Å². The van der Waals surface area contributed by atoms with Gasteiger partial charge < -0.3 is 9.15 Å². The molecular formula is C24H27N3O4S. The van der Waals surface area contributed by atoms with Crippen molar-refractivity contribution in [2.24, 2.45) is 0 Å². The third kappa shape index (κ3) is 4.97. The Labute approximate surface area is 190 Å². The van der Waals surface area contributed by atoms with Gasteiger partial charge in [-0.15, -0.1) is 0 Å². The molecule has 2 aromatic heterocycles. The molecule has 32 heavy (non-hydrogen) atoms. The Morgan fingerprint density at radius 3 is 2.59 bits per heavy atom. The van der Waals surface area contributed by atoms with Crippen LogP contribution in [0.2, 0.25) is 0 Å². The second-order valence-corrected chi connectivity index (χ2v) is 8.89. The number of oxazole rings is 1. The standard InChI is InChI=1S/C24H27N3O4S/c1-17(2)30-15-7-13-27-22(28)18-9-3-4-10-19(18)25-23(27)32-16-8-14-26-20-11-5-6-12-21(20)31-24(26)29/h3-6,9-12,17H,7-8,13-16H2,1-2H3. The van der Waals surface area contributed by atoms with Crippen LogP contribution in [0.3, 0.4) is 0 Å². The first-order valence-corrected chi connectivity index (χ1v) is 11.9. The molecule has 0 spiro atoms. The van der Waals surface area contributed by atoms with Crippen LogP contribution in [0, 0.1) is 0 Å². The summed E-state index contributed by atoms with van der Waals surface area (Å²) in [4.78, 5) is 30.0. The number of ether oxygens (including phenoxy) is 1. The van der Waals surface area contributed by atoms with Gasteiger partial charge in [-0.05, 0) is 51.0 Å². The van der Waals surface area contributed by atoms with Gasteiger partial charge in [-0.1, -0.05) is 36.0 Å². The van der Waals surface area contributed by atoms with Gasteiger partial charge in [-0.2, -0.15) is 0 Å². The van der Waals surface area contributed by atoms with Crippen LogP contribution in [0.4, 0.5) is 0 Å². The lowest BCUT2D eigenvalue weighted by molar-refractivity contribution is 0.0743. The monoisotopic (exact) mass is 453 g/mol. The molecule has 8 heteroatoms. The van der Waals surface area contributed by atoms with E-state index in [0.717, 1.165) is 24.1 Å². The summed E-state index contributed by atoms with van der Waals surface area (Å²) in [6, 6.07) is 14.8. The largest absolute Gasteiger partial charge is 0.419 e. The first-order chi connectivity index (χ1) is 15.5. The Kier molecular flexibility index (Phi) is 7.12. The van der Waals surface area contributed by atoms with E-state index in [-0.39, 0.29) is 17.4 Å². The summed E-state index contributed by atoms with van der Waals surface area (Å²) in [7, 11) is 0. The number of aryl methyl sites for hydroxylation is 1. The highest BCUT2D eigenvalue weighted by Crippen LogP contribution is 2.20. The summed E-state index contributed by atoms with van der Waals surface area (Å²) in [5.74, 6) is 0.376. The second-order valence-electron chi connectivity index (χ2n) is 7.83. The van der Waals surface area contributed by atoms with E-state index in [0.29, 0.717) is 41.3 Å².